The molecule has 0 fully saturated rings. The Morgan fingerprint density at radius 2 is 2.47 bits per heavy atom. The highest BCUT2D eigenvalue weighted by molar-refractivity contribution is 7.14. The van der Waals surface area contributed by atoms with Crippen LogP contribution in [0.2, 0.25) is 0 Å². The van der Waals surface area contributed by atoms with Crippen molar-refractivity contribution >= 4 is 17.2 Å². The third-order valence-electron chi connectivity index (χ3n) is 2.91. The predicted molar refractivity (Wildman–Crippen MR) is 68.5 cm³/mol. The number of carbonyl (C=O) groups is 1. The molecule has 0 saturated carbocycles. The van der Waals surface area contributed by atoms with E-state index in [4.69, 9.17) is 4.74 Å². The largest absolute Gasteiger partial charge is 0.376 e. The SMILES string of the molecule is CNC(C)CNC(=O)c1cc2c(s1)CCOC2. The molecule has 1 aliphatic rings. The van der Waals surface area contributed by atoms with Gasteiger partial charge in [0.15, 0.2) is 0 Å². The first-order valence-corrected chi connectivity index (χ1v) is 6.67. The summed E-state index contributed by atoms with van der Waals surface area (Å²) in [4.78, 5) is 14.0. The molecule has 0 saturated heterocycles. The van der Waals surface area contributed by atoms with Crippen molar-refractivity contribution < 1.29 is 9.53 Å². The number of thiophene rings is 1. The van der Waals surface area contributed by atoms with Crippen LogP contribution in [0.4, 0.5) is 0 Å². The standard InChI is InChI=1S/C12H18N2O2S/c1-8(13-2)6-14-12(15)11-5-9-7-16-4-3-10(9)17-11/h5,8,13H,3-4,6-7H2,1-2H3,(H,14,15). The predicted octanol–water partition coefficient (Wildman–Crippen LogP) is 1.16. The minimum atomic E-state index is 0.0199. The molecule has 0 spiro atoms. The molecular formula is C12H18N2O2S. The van der Waals surface area contributed by atoms with Gasteiger partial charge < -0.3 is 15.4 Å². The highest BCUT2D eigenvalue weighted by Crippen LogP contribution is 2.26. The van der Waals surface area contributed by atoms with Gasteiger partial charge in [-0.3, -0.25) is 4.79 Å². The first kappa shape index (κ1) is 12.5. The summed E-state index contributed by atoms with van der Waals surface area (Å²) in [5, 5.41) is 6.02. The molecule has 5 heteroatoms. The monoisotopic (exact) mass is 254 g/mol. The second-order valence-corrected chi connectivity index (χ2v) is 5.40. The Morgan fingerprint density at radius 1 is 1.65 bits per heavy atom. The summed E-state index contributed by atoms with van der Waals surface area (Å²) >= 11 is 1.59. The fourth-order valence-electron chi connectivity index (χ4n) is 1.69. The number of amides is 1. The lowest BCUT2D eigenvalue weighted by Crippen LogP contribution is -2.36. The van der Waals surface area contributed by atoms with E-state index in [-0.39, 0.29) is 11.9 Å². The molecule has 1 unspecified atom stereocenters. The minimum absolute atomic E-state index is 0.0199. The van der Waals surface area contributed by atoms with Crippen molar-refractivity contribution in [1.82, 2.24) is 10.6 Å². The van der Waals surface area contributed by atoms with Gasteiger partial charge in [0.05, 0.1) is 18.1 Å². The number of nitrogens with one attached hydrogen (secondary N) is 2. The van der Waals surface area contributed by atoms with Crippen LogP contribution in [0, 0.1) is 0 Å². The van der Waals surface area contributed by atoms with E-state index in [1.165, 1.54) is 10.4 Å². The molecule has 94 valence electrons. The number of fused-ring (bicyclic) bond motifs is 1. The Balaban J connectivity index is 1.97. The normalized spacial score (nSPS) is 16.4. The van der Waals surface area contributed by atoms with Crippen molar-refractivity contribution in [2.24, 2.45) is 0 Å². The molecule has 0 radical (unpaired) electrons. The van der Waals surface area contributed by atoms with E-state index in [1.807, 2.05) is 20.0 Å². The maximum absolute atomic E-state index is 11.9. The third kappa shape index (κ3) is 3.06. The molecule has 2 heterocycles. The quantitative estimate of drug-likeness (QED) is 0.847. The average molecular weight is 254 g/mol. The van der Waals surface area contributed by atoms with Gasteiger partial charge in [0.1, 0.15) is 0 Å². The van der Waals surface area contributed by atoms with Crippen LogP contribution in [0.1, 0.15) is 27.0 Å². The van der Waals surface area contributed by atoms with Gasteiger partial charge in [0.25, 0.3) is 5.91 Å². The molecule has 2 N–H and O–H groups in total. The van der Waals surface area contributed by atoms with E-state index < -0.39 is 0 Å². The Labute approximate surface area is 105 Å². The molecule has 1 aromatic heterocycles. The lowest BCUT2D eigenvalue weighted by atomic mass is 10.2. The van der Waals surface area contributed by atoms with Crippen molar-refractivity contribution in [3.05, 3.63) is 21.4 Å². The van der Waals surface area contributed by atoms with Gasteiger partial charge in [-0.2, -0.15) is 0 Å². The molecule has 2 rings (SSSR count). The molecule has 0 aliphatic carbocycles. The van der Waals surface area contributed by atoms with Crippen LogP contribution >= 0.6 is 11.3 Å². The van der Waals surface area contributed by atoms with Gasteiger partial charge in [-0.05, 0) is 25.6 Å². The van der Waals surface area contributed by atoms with Crippen LogP contribution in [0.15, 0.2) is 6.07 Å². The Morgan fingerprint density at radius 3 is 3.18 bits per heavy atom. The summed E-state index contributed by atoms with van der Waals surface area (Å²) in [6.07, 6.45) is 0.931. The van der Waals surface area contributed by atoms with Crippen LogP contribution in [0.3, 0.4) is 0 Å². The van der Waals surface area contributed by atoms with E-state index >= 15 is 0 Å². The second kappa shape index (κ2) is 5.62. The smallest absolute Gasteiger partial charge is 0.261 e. The maximum Gasteiger partial charge on any atom is 0.261 e. The number of ether oxygens (including phenoxy) is 1. The van der Waals surface area contributed by atoms with Crippen LogP contribution in [-0.2, 0) is 17.8 Å². The number of hydrogen-bond donors (Lipinski definition) is 2. The van der Waals surface area contributed by atoms with Gasteiger partial charge >= 0.3 is 0 Å². The number of rotatable bonds is 4. The molecule has 0 bridgehead atoms. The third-order valence-corrected chi connectivity index (χ3v) is 4.15. The highest BCUT2D eigenvalue weighted by atomic mass is 32.1. The van der Waals surface area contributed by atoms with Gasteiger partial charge in [-0.15, -0.1) is 11.3 Å². The summed E-state index contributed by atoms with van der Waals surface area (Å²) in [6.45, 7) is 4.10. The zero-order valence-electron chi connectivity index (χ0n) is 10.2. The van der Waals surface area contributed by atoms with Crippen molar-refractivity contribution in [2.75, 3.05) is 20.2 Å². The Kier molecular flexibility index (Phi) is 4.15. The van der Waals surface area contributed by atoms with Crippen molar-refractivity contribution in [3.63, 3.8) is 0 Å². The topological polar surface area (TPSA) is 50.4 Å². The van der Waals surface area contributed by atoms with Crippen LogP contribution < -0.4 is 10.6 Å². The van der Waals surface area contributed by atoms with Crippen molar-refractivity contribution in [2.45, 2.75) is 26.0 Å². The molecular weight excluding hydrogens is 236 g/mol. The van der Waals surface area contributed by atoms with E-state index in [2.05, 4.69) is 10.6 Å². The first-order chi connectivity index (χ1) is 8.20. The van der Waals surface area contributed by atoms with Crippen molar-refractivity contribution in [1.29, 1.82) is 0 Å². The number of carbonyl (C=O) groups excluding carboxylic acids is 1. The molecule has 0 aromatic carbocycles. The molecule has 17 heavy (non-hydrogen) atoms. The molecule has 4 nitrogen and oxygen atoms in total. The zero-order chi connectivity index (χ0) is 12.3. The molecule has 1 amide bonds. The van der Waals surface area contributed by atoms with Crippen LogP contribution in [0.25, 0.3) is 0 Å². The van der Waals surface area contributed by atoms with E-state index in [1.54, 1.807) is 11.3 Å². The lowest BCUT2D eigenvalue weighted by molar-refractivity contribution is 0.0954. The maximum atomic E-state index is 11.9. The van der Waals surface area contributed by atoms with Crippen LogP contribution in [-0.4, -0.2) is 32.1 Å². The van der Waals surface area contributed by atoms with E-state index in [0.717, 1.165) is 17.9 Å². The van der Waals surface area contributed by atoms with E-state index in [9.17, 15) is 4.79 Å². The lowest BCUT2D eigenvalue weighted by Gasteiger charge is -2.10. The van der Waals surface area contributed by atoms with Crippen LogP contribution in [0.5, 0.6) is 0 Å². The summed E-state index contributed by atoms with van der Waals surface area (Å²) in [7, 11) is 1.89. The second-order valence-electron chi connectivity index (χ2n) is 4.26. The summed E-state index contributed by atoms with van der Waals surface area (Å²) in [5.74, 6) is 0.0199. The van der Waals surface area contributed by atoms with Gasteiger partial charge in [0.2, 0.25) is 0 Å². The van der Waals surface area contributed by atoms with Gasteiger partial charge in [0, 0.05) is 23.9 Å². The van der Waals surface area contributed by atoms with Crippen molar-refractivity contribution in [3.8, 4) is 0 Å². The van der Waals surface area contributed by atoms with E-state index in [0.29, 0.717) is 13.2 Å². The summed E-state index contributed by atoms with van der Waals surface area (Å²) in [6, 6.07) is 2.25. The fourth-order valence-corrected chi connectivity index (χ4v) is 2.76. The highest BCUT2D eigenvalue weighted by Gasteiger charge is 2.17. The molecule has 1 aromatic rings. The van der Waals surface area contributed by atoms with Gasteiger partial charge in [-0.1, -0.05) is 0 Å². The van der Waals surface area contributed by atoms with Gasteiger partial charge in [-0.25, -0.2) is 0 Å². The minimum Gasteiger partial charge on any atom is -0.376 e. The summed E-state index contributed by atoms with van der Waals surface area (Å²) < 4.78 is 5.37. The number of likely N-dealkylation sites (N-methyl/N-ethyl adjacent to an activating group) is 1. The molecule has 1 atom stereocenters. The zero-order valence-corrected chi connectivity index (χ0v) is 11.0. The average Bonchev–Trinajstić information content (AvgIpc) is 2.79. The Hall–Kier alpha value is -0.910. The summed E-state index contributed by atoms with van der Waals surface area (Å²) in [5.41, 5.74) is 1.17. The molecule has 1 aliphatic heterocycles. The fraction of sp³-hybridized carbons (Fsp3) is 0.583. The Bertz CT molecular complexity index is 380. The number of hydrogen-bond acceptors (Lipinski definition) is 4. The first-order valence-electron chi connectivity index (χ1n) is 5.85.